The predicted octanol–water partition coefficient (Wildman–Crippen LogP) is 1.38. The Labute approximate surface area is 135 Å². The number of nitrogens with zero attached hydrogens (tertiary/aromatic N) is 1. The quantitative estimate of drug-likeness (QED) is 0.783. The third-order valence-corrected chi connectivity index (χ3v) is 5.10. The highest BCUT2D eigenvalue weighted by Gasteiger charge is 2.29. The summed E-state index contributed by atoms with van der Waals surface area (Å²) >= 11 is 2.38. The highest BCUT2D eigenvalue weighted by molar-refractivity contribution is 8.15. The Morgan fingerprint density at radius 3 is 2.77 bits per heavy atom. The van der Waals surface area contributed by atoms with E-state index in [1.807, 2.05) is 6.92 Å². The number of aryl methyl sites for hydroxylation is 1. The number of rotatable bonds is 5. The zero-order valence-corrected chi connectivity index (χ0v) is 13.7. The van der Waals surface area contributed by atoms with Crippen LogP contribution in [0.5, 0.6) is 0 Å². The van der Waals surface area contributed by atoms with Crippen LogP contribution in [-0.2, 0) is 20.7 Å². The van der Waals surface area contributed by atoms with Crippen molar-refractivity contribution < 1.29 is 19.1 Å². The lowest BCUT2D eigenvalue weighted by Gasteiger charge is -2.07. The van der Waals surface area contributed by atoms with Gasteiger partial charge in [0, 0.05) is 11.3 Å². The molecule has 2 rings (SSSR count). The van der Waals surface area contributed by atoms with Gasteiger partial charge < -0.3 is 15.8 Å². The zero-order chi connectivity index (χ0) is 16.3. The SMILES string of the molecule is CCc1cc(C(=O)OC)c(NC(=O)C[C@@H]2SC(N)=NC2=O)s1. The van der Waals surface area contributed by atoms with E-state index in [0.717, 1.165) is 23.1 Å². The van der Waals surface area contributed by atoms with Gasteiger partial charge in [-0.1, -0.05) is 18.7 Å². The van der Waals surface area contributed by atoms with Gasteiger partial charge in [-0.3, -0.25) is 9.59 Å². The van der Waals surface area contributed by atoms with Gasteiger partial charge in [-0.2, -0.15) is 4.99 Å². The van der Waals surface area contributed by atoms with Crippen LogP contribution in [0.2, 0.25) is 0 Å². The summed E-state index contributed by atoms with van der Waals surface area (Å²) in [6.07, 6.45) is 0.694. The number of methoxy groups -OCH3 is 1. The van der Waals surface area contributed by atoms with Gasteiger partial charge in [0.1, 0.15) is 10.3 Å². The highest BCUT2D eigenvalue weighted by atomic mass is 32.2. The monoisotopic (exact) mass is 341 g/mol. The van der Waals surface area contributed by atoms with E-state index >= 15 is 0 Å². The molecule has 0 unspecified atom stereocenters. The molecule has 0 aliphatic carbocycles. The number of amides is 2. The molecule has 1 aliphatic heterocycles. The number of carbonyl (C=O) groups excluding carboxylic acids is 3. The smallest absolute Gasteiger partial charge is 0.340 e. The third kappa shape index (κ3) is 3.66. The lowest BCUT2D eigenvalue weighted by molar-refractivity contribution is -0.121. The molecule has 0 spiro atoms. The number of anilines is 1. The first-order valence-corrected chi connectivity index (χ1v) is 8.19. The minimum atomic E-state index is -0.604. The molecule has 3 N–H and O–H groups in total. The van der Waals surface area contributed by atoms with E-state index in [9.17, 15) is 14.4 Å². The zero-order valence-electron chi connectivity index (χ0n) is 12.0. The summed E-state index contributed by atoms with van der Waals surface area (Å²) in [4.78, 5) is 39.8. The average Bonchev–Trinajstić information content (AvgIpc) is 3.01. The number of esters is 1. The van der Waals surface area contributed by atoms with Crippen LogP contribution in [0.4, 0.5) is 5.00 Å². The fraction of sp³-hybridized carbons (Fsp3) is 0.385. The molecule has 0 aromatic carbocycles. The van der Waals surface area contributed by atoms with Gasteiger partial charge >= 0.3 is 5.97 Å². The molecule has 0 fully saturated rings. The summed E-state index contributed by atoms with van der Waals surface area (Å²) in [5, 5.41) is 2.66. The Morgan fingerprint density at radius 1 is 1.50 bits per heavy atom. The lowest BCUT2D eigenvalue weighted by Crippen LogP contribution is -2.22. The van der Waals surface area contributed by atoms with Crippen LogP contribution < -0.4 is 11.1 Å². The Balaban J connectivity index is 2.07. The van der Waals surface area contributed by atoms with Crippen molar-refractivity contribution in [3.63, 3.8) is 0 Å². The van der Waals surface area contributed by atoms with Gasteiger partial charge in [0.05, 0.1) is 12.7 Å². The van der Waals surface area contributed by atoms with Gasteiger partial charge in [0.25, 0.3) is 5.91 Å². The average molecular weight is 341 g/mol. The summed E-state index contributed by atoms with van der Waals surface area (Å²) < 4.78 is 4.70. The largest absolute Gasteiger partial charge is 0.465 e. The maximum Gasteiger partial charge on any atom is 0.340 e. The topological polar surface area (TPSA) is 111 Å². The van der Waals surface area contributed by atoms with Crippen molar-refractivity contribution in [2.75, 3.05) is 12.4 Å². The van der Waals surface area contributed by atoms with Crippen LogP contribution in [0, 0.1) is 0 Å². The number of hydrogen-bond acceptors (Lipinski definition) is 7. The highest BCUT2D eigenvalue weighted by Crippen LogP contribution is 2.30. The first-order chi connectivity index (χ1) is 10.4. The molecule has 0 saturated heterocycles. The molecule has 7 nitrogen and oxygen atoms in total. The van der Waals surface area contributed by atoms with Crippen molar-refractivity contribution in [3.8, 4) is 0 Å². The maximum atomic E-state index is 12.1. The molecule has 0 saturated carbocycles. The Kier molecular flexibility index (Phi) is 5.19. The number of aliphatic imine (C=N–C) groups is 1. The number of ether oxygens (including phenoxy) is 1. The van der Waals surface area contributed by atoms with Crippen LogP contribution in [0.15, 0.2) is 11.1 Å². The Hall–Kier alpha value is -1.87. The van der Waals surface area contributed by atoms with E-state index < -0.39 is 17.1 Å². The number of thioether (sulfide) groups is 1. The molecule has 2 amide bonds. The number of nitrogens with one attached hydrogen (secondary N) is 1. The molecule has 0 radical (unpaired) electrons. The van der Waals surface area contributed by atoms with E-state index in [1.165, 1.54) is 18.4 Å². The van der Waals surface area contributed by atoms with Crippen LogP contribution in [0.25, 0.3) is 0 Å². The van der Waals surface area contributed by atoms with Crippen LogP contribution in [-0.4, -0.2) is 35.3 Å². The van der Waals surface area contributed by atoms with E-state index in [4.69, 9.17) is 10.5 Å². The fourth-order valence-corrected chi connectivity index (χ4v) is 3.67. The summed E-state index contributed by atoms with van der Waals surface area (Å²) in [5.74, 6) is -1.29. The number of carbonyl (C=O) groups is 3. The maximum absolute atomic E-state index is 12.1. The molecule has 1 aromatic heterocycles. The molecule has 2 heterocycles. The first kappa shape index (κ1) is 16.5. The van der Waals surface area contributed by atoms with Crippen molar-refractivity contribution >= 4 is 51.1 Å². The number of amidine groups is 1. The summed E-state index contributed by atoms with van der Waals surface area (Å²) in [6, 6.07) is 1.70. The molecule has 1 atom stereocenters. The van der Waals surface area contributed by atoms with Gasteiger partial charge in [-0.25, -0.2) is 4.79 Å². The van der Waals surface area contributed by atoms with Gasteiger partial charge in [0.2, 0.25) is 5.91 Å². The minimum Gasteiger partial charge on any atom is -0.465 e. The molecular weight excluding hydrogens is 326 g/mol. The number of nitrogens with two attached hydrogens (primary N) is 1. The van der Waals surface area contributed by atoms with E-state index in [2.05, 4.69) is 10.3 Å². The molecular formula is C13H15N3O4S2. The lowest BCUT2D eigenvalue weighted by atomic mass is 10.2. The van der Waals surface area contributed by atoms with Crippen LogP contribution in [0.3, 0.4) is 0 Å². The third-order valence-electron chi connectivity index (χ3n) is 2.92. The second kappa shape index (κ2) is 6.93. The van der Waals surface area contributed by atoms with Crippen LogP contribution >= 0.6 is 23.1 Å². The number of hydrogen-bond donors (Lipinski definition) is 2. The molecule has 22 heavy (non-hydrogen) atoms. The van der Waals surface area contributed by atoms with Crippen molar-refractivity contribution in [2.24, 2.45) is 10.7 Å². The second-order valence-corrected chi connectivity index (χ2v) is 6.81. The van der Waals surface area contributed by atoms with E-state index in [-0.39, 0.29) is 17.5 Å². The Morgan fingerprint density at radius 2 is 2.23 bits per heavy atom. The van der Waals surface area contributed by atoms with Gasteiger partial charge in [0.15, 0.2) is 5.17 Å². The van der Waals surface area contributed by atoms with Crippen molar-refractivity contribution in [3.05, 3.63) is 16.5 Å². The fourth-order valence-electron chi connectivity index (χ4n) is 1.85. The predicted molar refractivity (Wildman–Crippen MR) is 86.3 cm³/mol. The van der Waals surface area contributed by atoms with Crippen molar-refractivity contribution in [1.82, 2.24) is 0 Å². The summed E-state index contributed by atoms with van der Waals surface area (Å²) in [7, 11) is 1.28. The molecule has 1 aromatic rings. The van der Waals surface area contributed by atoms with E-state index in [0.29, 0.717) is 10.6 Å². The molecule has 118 valence electrons. The number of thiophene rings is 1. The molecule has 0 bridgehead atoms. The van der Waals surface area contributed by atoms with Gasteiger partial charge in [-0.05, 0) is 12.5 Å². The second-order valence-electron chi connectivity index (χ2n) is 4.45. The minimum absolute atomic E-state index is 0.0479. The standard InChI is InChI=1S/C13H15N3O4S2/c1-3-6-4-7(12(19)20-2)11(21-6)15-9(17)5-8-10(18)16-13(14)22-8/h4,8H,3,5H2,1-2H3,(H,15,17)(H2,14,16,18)/t8-/m0/s1. The van der Waals surface area contributed by atoms with Crippen molar-refractivity contribution in [1.29, 1.82) is 0 Å². The molecule has 1 aliphatic rings. The normalized spacial score (nSPS) is 17.3. The Bertz CT molecular complexity index is 654. The van der Waals surface area contributed by atoms with Crippen LogP contribution in [0.1, 0.15) is 28.6 Å². The summed E-state index contributed by atoms with van der Waals surface area (Å²) in [6.45, 7) is 1.95. The summed E-state index contributed by atoms with van der Waals surface area (Å²) in [5.41, 5.74) is 5.77. The first-order valence-electron chi connectivity index (χ1n) is 6.50. The molecule has 9 heteroatoms. The van der Waals surface area contributed by atoms with E-state index in [1.54, 1.807) is 6.07 Å². The van der Waals surface area contributed by atoms with Gasteiger partial charge in [-0.15, -0.1) is 11.3 Å². The van der Waals surface area contributed by atoms with Crippen molar-refractivity contribution in [2.45, 2.75) is 25.0 Å².